The first-order chi connectivity index (χ1) is 16.0. The van der Waals surface area contributed by atoms with E-state index in [1.165, 1.54) is 7.11 Å². The number of nitrogens with zero attached hydrogens (tertiary/aromatic N) is 1. The Hall–Kier alpha value is -3.15. The van der Waals surface area contributed by atoms with Crippen molar-refractivity contribution in [1.29, 1.82) is 0 Å². The fourth-order valence-electron chi connectivity index (χ4n) is 3.40. The molecule has 0 N–H and O–H groups in total. The molecule has 2 aromatic carbocycles. The van der Waals surface area contributed by atoms with E-state index in [1.54, 1.807) is 7.11 Å². The predicted octanol–water partition coefficient (Wildman–Crippen LogP) is 6.27. The average molecular weight is 456 g/mol. The van der Waals surface area contributed by atoms with Gasteiger partial charge in [0.25, 0.3) is 0 Å². The maximum Gasteiger partial charge on any atom is 0.161 e. The van der Waals surface area contributed by atoms with E-state index in [9.17, 15) is 0 Å². The number of allylic oxidation sites excluding steroid dienone is 1. The molecule has 0 saturated heterocycles. The van der Waals surface area contributed by atoms with Gasteiger partial charge in [0.2, 0.25) is 0 Å². The third kappa shape index (κ3) is 8.37. The minimum atomic E-state index is 0.579. The van der Waals surface area contributed by atoms with Crippen molar-refractivity contribution >= 4 is 5.71 Å². The van der Waals surface area contributed by atoms with Crippen LogP contribution >= 0.6 is 0 Å². The first-order valence-electron chi connectivity index (χ1n) is 11.4. The van der Waals surface area contributed by atoms with Gasteiger partial charge in [-0.25, -0.2) is 0 Å². The van der Waals surface area contributed by atoms with Crippen LogP contribution in [0.25, 0.3) is 0 Å². The molecule has 6 nitrogen and oxygen atoms in total. The quantitative estimate of drug-likeness (QED) is 0.145. The van der Waals surface area contributed by atoms with Gasteiger partial charge < -0.3 is 23.8 Å². The average Bonchev–Trinajstić information content (AvgIpc) is 2.80. The second-order valence-electron chi connectivity index (χ2n) is 7.75. The molecule has 0 radical (unpaired) electrons. The number of hydrogen-bond acceptors (Lipinski definition) is 6. The zero-order valence-corrected chi connectivity index (χ0v) is 20.8. The molecule has 6 heteroatoms. The van der Waals surface area contributed by atoms with Gasteiger partial charge in [-0.3, -0.25) is 0 Å². The number of ether oxygens (including phenoxy) is 4. The summed E-state index contributed by atoms with van der Waals surface area (Å²) in [6.07, 6.45) is 6.89. The van der Waals surface area contributed by atoms with Crippen LogP contribution in [0.3, 0.4) is 0 Å². The predicted molar refractivity (Wildman–Crippen MR) is 133 cm³/mol. The number of methoxy groups -OCH3 is 1. The largest absolute Gasteiger partial charge is 0.493 e. The van der Waals surface area contributed by atoms with E-state index in [0.717, 1.165) is 58.9 Å². The van der Waals surface area contributed by atoms with Crippen LogP contribution in [0.5, 0.6) is 23.0 Å². The Morgan fingerprint density at radius 2 is 1.58 bits per heavy atom. The SMILES string of the molecule is C/C=C/COc1cc(C)c(OCCCCCOc2ccc(C(C)=NOC)cc2OC)c(C)c1. The molecule has 0 amide bonds. The summed E-state index contributed by atoms with van der Waals surface area (Å²) in [4.78, 5) is 4.84. The Morgan fingerprint density at radius 3 is 2.21 bits per heavy atom. The van der Waals surface area contributed by atoms with Crippen molar-refractivity contribution in [3.63, 3.8) is 0 Å². The molecule has 33 heavy (non-hydrogen) atoms. The molecule has 0 atom stereocenters. The molecule has 0 heterocycles. The summed E-state index contributed by atoms with van der Waals surface area (Å²) in [6, 6.07) is 9.82. The van der Waals surface area contributed by atoms with Crippen LogP contribution in [-0.2, 0) is 4.84 Å². The molecule has 0 fully saturated rings. The molecule has 0 aliphatic carbocycles. The van der Waals surface area contributed by atoms with Gasteiger partial charge in [0.1, 0.15) is 25.2 Å². The van der Waals surface area contributed by atoms with E-state index in [-0.39, 0.29) is 0 Å². The summed E-state index contributed by atoms with van der Waals surface area (Å²) in [5.74, 6) is 3.23. The van der Waals surface area contributed by atoms with E-state index in [0.29, 0.717) is 25.6 Å². The summed E-state index contributed by atoms with van der Waals surface area (Å²) in [7, 11) is 3.17. The van der Waals surface area contributed by atoms with E-state index >= 15 is 0 Å². The molecule has 180 valence electrons. The second-order valence-corrected chi connectivity index (χ2v) is 7.75. The molecular weight excluding hydrogens is 418 g/mol. The normalized spacial score (nSPS) is 11.5. The van der Waals surface area contributed by atoms with Crippen molar-refractivity contribution in [2.75, 3.05) is 34.0 Å². The highest BCUT2D eigenvalue weighted by Gasteiger charge is 2.09. The second kappa shape index (κ2) is 14.1. The standard InChI is InChI=1S/C27H37NO5/c1-7-8-14-31-24-17-20(2)27(21(3)18-24)33-16-11-9-10-15-32-25-13-12-23(19-26(25)29-5)22(4)28-30-6/h7-8,12-13,17-19H,9-11,14-16H2,1-6H3/b8-7+,28-22?. The van der Waals surface area contributed by atoms with Gasteiger partial charge in [-0.15, -0.1) is 0 Å². The first kappa shape index (κ1) is 26.1. The van der Waals surface area contributed by atoms with Crippen LogP contribution in [0.2, 0.25) is 0 Å². The summed E-state index contributed by atoms with van der Waals surface area (Å²) >= 11 is 0. The molecule has 0 unspecified atom stereocenters. The fraction of sp³-hybridized carbons (Fsp3) is 0.444. The van der Waals surface area contributed by atoms with Crippen molar-refractivity contribution in [2.45, 2.75) is 47.0 Å². The third-order valence-electron chi connectivity index (χ3n) is 5.12. The zero-order chi connectivity index (χ0) is 24.1. The van der Waals surface area contributed by atoms with E-state index in [4.69, 9.17) is 23.8 Å². The lowest BCUT2D eigenvalue weighted by molar-refractivity contribution is 0.213. The minimum Gasteiger partial charge on any atom is -0.493 e. The van der Waals surface area contributed by atoms with Crippen LogP contribution < -0.4 is 18.9 Å². The fourth-order valence-corrected chi connectivity index (χ4v) is 3.40. The number of unbranched alkanes of at least 4 members (excludes halogenated alkanes) is 2. The lowest BCUT2D eigenvalue weighted by Crippen LogP contribution is -2.04. The van der Waals surface area contributed by atoms with Gasteiger partial charge in [0.05, 0.1) is 26.0 Å². The maximum atomic E-state index is 6.05. The molecule has 0 bridgehead atoms. The number of rotatable bonds is 14. The third-order valence-corrected chi connectivity index (χ3v) is 5.12. The van der Waals surface area contributed by atoms with Crippen LogP contribution in [0.4, 0.5) is 0 Å². The monoisotopic (exact) mass is 455 g/mol. The first-order valence-corrected chi connectivity index (χ1v) is 11.4. The molecular formula is C27H37NO5. The lowest BCUT2D eigenvalue weighted by atomic mass is 10.1. The summed E-state index contributed by atoms with van der Waals surface area (Å²) in [5, 5.41) is 3.96. The van der Waals surface area contributed by atoms with Crippen molar-refractivity contribution in [2.24, 2.45) is 5.16 Å². The molecule has 2 rings (SSSR count). The van der Waals surface area contributed by atoms with Gasteiger partial charge in [-0.1, -0.05) is 17.3 Å². The molecule has 0 saturated carbocycles. The Labute approximate surface area is 198 Å². The highest BCUT2D eigenvalue weighted by molar-refractivity contribution is 5.98. The number of oxime groups is 1. The van der Waals surface area contributed by atoms with Gasteiger partial charge in [0.15, 0.2) is 11.5 Å². The molecule has 0 aliphatic heterocycles. The Balaban J connectivity index is 1.74. The van der Waals surface area contributed by atoms with Crippen LogP contribution in [-0.4, -0.2) is 39.8 Å². The molecule has 0 spiro atoms. The Bertz CT molecular complexity index is 913. The molecule has 0 aliphatic rings. The summed E-state index contributed by atoms with van der Waals surface area (Å²) < 4.78 is 23.2. The van der Waals surface area contributed by atoms with Gasteiger partial charge in [-0.2, -0.15) is 0 Å². The molecule has 0 aromatic heterocycles. The van der Waals surface area contributed by atoms with Gasteiger partial charge in [-0.05, 0) is 88.4 Å². The minimum absolute atomic E-state index is 0.579. The highest BCUT2D eigenvalue weighted by Crippen LogP contribution is 2.30. The van der Waals surface area contributed by atoms with E-state index in [1.807, 2.05) is 56.3 Å². The summed E-state index contributed by atoms with van der Waals surface area (Å²) in [5.41, 5.74) is 3.90. The lowest BCUT2D eigenvalue weighted by Gasteiger charge is -2.14. The Morgan fingerprint density at radius 1 is 0.879 bits per heavy atom. The number of aryl methyl sites for hydroxylation is 2. The maximum absolute atomic E-state index is 6.05. The highest BCUT2D eigenvalue weighted by atomic mass is 16.6. The van der Waals surface area contributed by atoms with Crippen molar-refractivity contribution in [3.05, 3.63) is 59.2 Å². The number of hydrogen-bond donors (Lipinski definition) is 0. The van der Waals surface area contributed by atoms with Crippen LogP contribution in [0, 0.1) is 13.8 Å². The van der Waals surface area contributed by atoms with E-state index in [2.05, 4.69) is 19.0 Å². The van der Waals surface area contributed by atoms with Crippen molar-refractivity contribution < 1.29 is 23.8 Å². The summed E-state index contributed by atoms with van der Waals surface area (Å²) in [6.45, 7) is 9.86. The van der Waals surface area contributed by atoms with Crippen molar-refractivity contribution in [3.8, 4) is 23.0 Å². The van der Waals surface area contributed by atoms with Gasteiger partial charge >= 0.3 is 0 Å². The topological polar surface area (TPSA) is 58.5 Å². The number of benzene rings is 2. The zero-order valence-electron chi connectivity index (χ0n) is 20.8. The van der Waals surface area contributed by atoms with E-state index < -0.39 is 0 Å². The Kier molecular flexibility index (Phi) is 11.1. The van der Waals surface area contributed by atoms with Gasteiger partial charge in [0, 0.05) is 5.56 Å². The van der Waals surface area contributed by atoms with Crippen LogP contribution in [0.15, 0.2) is 47.6 Å². The smallest absolute Gasteiger partial charge is 0.161 e. The van der Waals surface area contributed by atoms with Crippen LogP contribution in [0.1, 0.15) is 49.8 Å². The molecule has 2 aromatic rings. The van der Waals surface area contributed by atoms with Crippen molar-refractivity contribution in [1.82, 2.24) is 0 Å².